The molecule has 1 aliphatic carbocycles. The molecule has 1 saturated carbocycles. The van der Waals surface area contributed by atoms with E-state index in [2.05, 4.69) is 20.7 Å². The van der Waals surface area contributed by atoms with Crippen LogP contribution in [0.4, 0.5) is 5.69 Å². The Hall–Kier alpha value is -3.95. The number of para-hydroxylation sites is 1. The Morgan fingerprint density at radius 1 is 1.08 bits per heavy atom. The van der Waals surface area contributed by atoms with Crippen LogP contribution in [0.15, 0.2) is 48.5 Å². The lowest BCUT2D eigenvalue weighted by atomic mass is 10.1. The molecule has 1 heterocycles. The van der Waals surface area contributed by atoms with Gasteiger partial charge in [0.1, 0.15) is 12.6 Å². The van der Waals surface area contributed by atoms with Crippen molar-refractivity contribution in [1.29, 1.82) is 0 Å². The smallest absolute Gasteiger partial charge is 0.251 e. The topological polar surface area (TPSA) is 111 Å². The van der Waals surface area contributed by atoms with E-state index >= 15 is 0 Å². The van der Waals surface area contributed by atoms with Crippen LogP contribution in [0.3, 0.4) is 0 Å². The van der Waals surface area contributed by atoms with Gasteiger partial charge in [0.2, 0.25) is 11.7 Å². The largest absolute Gasteiger partial charge is 0.493 e. The Morgan fingerprint density at radius 2 is 1.81 bits per heavy atom. The van der Waals surface area contributed by atoms with Crippen molar-refractivity contribution in [3.8, 4) is 22.9 Å². The highest BCUT2D eigenvalue weighted by molar-refractivity contribution is 6.00. The quantitative estimate of drug-likeness (QED) is 0.423. The molecule has 1 fully saturated rings. The molecule has 1 N–H and O–H groups in total. The van der Waals surface area contributed by atoms with Gasteiger partial charge in [-0.25, -0.2) is 0 Å². The minimum absolute atomic E-state index is 0.122. The molecule has 2 amide bonds. The van der Waals surface area contributed by atoms with Crippen LogP contribution in [0, 0.1) is 0 Å². The number of anilines is 1. The molecule has 4 rings (SSSR count). The first-order valence-corrected chi connectivity index (χ1v) is 12.7. The number of carbonyl (C=O) groups excluding carboxylic acids is 2. The number of amides is 2. The van der Waals surface area contributed by atoms with Crippen LogP contribution in [-0.2, 0) is 16.1 Å². The molecule has 10 heteroatoms. The van der Waals surface area contributed by atoms with Gasteiger partial charge >= 0.3 is 0 Å². The Morgan fingerprint density at radius 3 is 2.49 bits per heavy atom. The summed E-state index contributed by atoms with van der Waals surface area (Å²) in [5.41, 5.74) is 1.34. The van der Waals surface area contributed by atoms with E-state index < -0.39 is 6.04 Å². The highest BCUT2D eigenvalue weighted by atomic mass is 16.5. The van der Waals surface area contributed by atoms with Crippen LogP contribution in [0.1, 0.15) is 45.4 Å². The molecule has 10 nitrogen and oxygen atoms in total. The minimum Gasteiger partial charge on any atom is -0.493 e. The van der Waals surface area contributed by atoms with E-state index in [9.17, 15) is 9.59 Å². The number of tetrazole rings is 1. The van der Waals surface area contributed by atoms with Gasteiger partial charge in [0.15, 0.2) is 11.5 Å². The van der Waals surface area contributed by atoms with Crippen LogP contribution in [0.25, 0.3) is 11.4 Å². The lowest BCUT2D eigenvalue weighted by molar-refractivity contribution is -0.127. The third kappa shape index (κ3) is 6.25. The first-order valence-electron chi connectivity index (χ1n) is 12.7. The number of hydrogen-bond acceptors (Lipinski definition) is 7. The SMILES string of the molecule is CCC[C@@H](C(=O)NC1CCCC1)N(C(=O)Cn1nnc(-c2ccc(OC)c(OC)c2)n1)c1ccccc1. The van der Waals surface area contributed by atoms with Crippen molar-refractivity contribution < 1.29 is 19.1 Å². The van der Waals surface area contributed by atoms with Crippen molar-refractivity contribution in [3.05, 3.63) is 48.5 Å². The zero-order valence-electron chi connectivity index (χ0n) is 21.6. The summed E-state index contributed by atoms with van der Waals surface area (Å²) in [6, 6.07) is 14.1. The van der Waals surface area contributed by atoms with Crippen molar-refractivity contribution in [2.75, 3.05) is 19.1 Å². The Balaban J connectivity index is 1.57. The molecule has 196 valence electrons. The van der Waals surface area contributed by atoms with E-state index in [1.165, 1.54) is 4.80 Å². The Bertz CT molecular complexity index is 1190. The molecule has 1 aliphatic rings. The van der Waals surface area contributed by atoms with Gasteiger partial charge in [-0.15, -0.1) is 10.2 Å². The Kier molecular flexibility index (Phi) is 8.71. The van der Waals surface area contributed by atoms with Gasteiger partial charge in [-0.1, -0.05) is 44.4 Å². The molecule has 1 atom stereocenters. The molecular formula is C27H34N6O4. The molecule has 2 aromatic carbocycles. The third-order valence-corrected chi connectivity index (χ3v) is 6.55. The standard InChI is InChI=1S/C27H34N6O4/c1-4-10-22(27(35)28-20-11-8-9-12-20)33(21-13-6-5-7-14-21)25(34)18-32-30-26(29-31-32)19-15-16-23(36-2)24(17-19)37-3/h5-7,13-17,20,22H,4,8-12,18H2,1-3H3,(H,28,35)/t22-/m0/s1. The summed E-state index contributed by atoms with van der Waals surface area (Å²) in [6.07, 6.45) is 5.48. The number of methoxy groups -OCH3 is 2. The van der Waals surface area contributed by atoms with Crippen LogP contribution in [-0.4, -0.2) is 58.3 Å². The van der Waals surface area contributed by atoms with Crippen molar-refractivity contribution in [3.63, 3.8) is 0 Å². The number of hydrogen-bond donors (Lipinski definition) is 1. The van der Waals surface area contributed by atoms with Gasteiger partial charge in [0, 0.05) is 17.3 Å². The lowest BCUT2D eigenvalue weighted by Crippen LogP contribution is -2.52. The van der Waals surface area contributed by atoms with E-state index in [-0.39, 0.29) is 24.4 Å². The van der Waals surface area contributed by atoms with E-state index in [4.69, 9.17) is 9.47 Å². The van der Waals surface area contributed by atoms with Crippen molar-refractivity contribution in [1.82, 2.24) is 25.5 Å². The molecular weight excluding hydrogens is 472 g/mol. The second-order valence-electron chi connectivity index (χ2n) is 9.11. The summed E-state index contributed by atoms with van der Waals surface area (Å²) in [5, 5.41) is 15.8. The van der Waals surface area contributed by atoms with E-state index in [1.54, 1.807) is 37.3 Å². The molecule has 0 bridgehead atoms. The predicted octanol–water partition coefficient (Wildman–Crippen LogP) is 3.62. The highest BCUT2D eigenvalue weighted by Gasteiger charge is 2.32. The highest BCUT2D eigenvalue weighted by Crippen LogP contribution is 2.31. The second kappa shape index (κ2) is 12.3. The first kappa shape index (κ1) is 26.1. The fraction of sp³-hybridized carbons (Fsp3) is 0.444. The zero-order valence-corrected chi connectivity index (χ0v) is 21.6. The van der Waals surface area contributed by atoms with Crippen LogP contribution >= 0.6 is 0 Å². The molecule has 0 unspecified atom stereocenters. The molecule has 0 radical (unpaired) electrons. The van der Waals surface area contributed by atoms with Gasteiger partial charge in [-0.05, 0) is 54.8 Å². The van der Waals surface area contributed by atoms with E-state index in [0.29, 0.717) is 35.0 Å². The monoisotopic (exact) mass is 506 g/mol. The molecule has 0 saturated heterocycles. The first-order chi connectivity index (χ1) is 18.0. The fourth-order valence-electron chi connectivity index (χ4n) is 4.70. The number of nitrogens with zero attached hydrogens (tertiary/aromatic N) is 5. The summed E-state index contributed by atoms with van der Waals surface area (Å²) in [5.74, 6) is 1.07. The third-order valence-electron chi connectivity index (χ3n) is 6.55. The summed E-state index contributed by atoms with van der Waals surface area (Å²) in [7, 11) is 3.12. The molecule has 1 aromatic heterocycles. The van der Waals surface area contributed by atoms with E-state index in [0.717, 1.165) is 32.1 Å². The van der Waals surface area contributed by atoms with Gasteiger partial charge in [0.05, 0.1) is 14.2 Å². The van der Waals surface area contributed by atoms with Gasteiger partial charge < -0.3 is 14.8 Å². The summed E-state index contributed by atoms with van der Waals surface area (Å²) in [6.45, 7) is 1.85. The van der Waals surface area contributed by atoms with Crippen LogP contribution in [0.5, 0.6) is 11.5 Å². The van der Waals surface area contributed by atoms with Gasteiger partial charge in [-0.3, -0.25) is 14.5 Å². The molecule has 37 heavy (non-hydrogen) atoms. The van der Waals surface area contributed by atoms with Crippen LogP contribution in [0.2, 0.25) is 0 Å². The molecule has 3 aromatic rings. The summed E-state index contributed by atoms with van der Waals surface area (Å²) < 4.78 is 10.6. The number of ether oxygens (including phenoxy) is 2. The second-order valence-corrected chi connectivity index (χ2v) is 9.11. The normalized spacial score (nSPS) is 14.2. The fourth-order valence-corrected chi connectivity index (χ4v) is 4.70. The lowest BCUT2D eigenvalue weighted by Gasteiger charge is -2.31. The number of benzene rings is 2. The summed E-state index contributed by atoms with van der Waals surface area (Å²) in [4.78, 5) is 29.9. The average molecular weight is 507 g/mol. The maximum atomic E-state index is 13.7. The molecule has 0 aliphatic heterocycles. The van der Waals surface area contributed by atoms with Crippen LogP contribution < -0.4 is 19.7 Å². The molecule has 0 spiro atoms. The maximum absolute atomic E-state index is 13.7. The van der Waals surface area contributed by atoms with E-state index in [1.807, 2.05) is 37.3 Å². The zero-order chi connectivity index (χ0) is 26.2. The number of aromatic nitrogens is 4. The maximum Gasteiger partial charge on any atom is 0.251 e. The van der Waals surface area contributed by atoms with Gasteiger partial charge in [0.25, 0.3) is 5.91 Å². The van der Waals surface area contributed by atoms with Gasteiger partial charge in [-0.2, -0.15) is 4.80 Å². The average Bonchev–Trinajstić information content (AvgIpc) is 3.61. The Labute approximate surface area is 216 Å². The minimum atomic E-state index is -0.630. The number of carbonyl (C=O) groups is 2. The summed E-state index contributed by atoms with van der Waals surface area (Å²) >= 11 is 0. The number of rotatable bonds is 11. The van der Waals surface area contributed by atoms with Crippen molar-refractivity contribution >= 4 is 17.5 Å². The van der Waals surface area contributed by atoms with Crippen molar-refractivity contribution in [2.45, 2.75) is 64.1 Å². The predicted molar refractivity (Wildman–Crippen MR) is 139 cm³/mol. The number of nitrogens with one attached hydrogen (secondary N) is 1. The van der Waals surface area contributed by atoms with Crippen molar-refractivity contribution in [2.24, 2.45) is 0 Å².